The summed E-state index contributed by atoms with van der Waals surface area (Å²) < 4.78 is 1.50. The van der Waals surface area contributed by atoms with E-state index in [1.54, 1.807) is 13.8 Å². The number of aryl methyl sites for hydroxylation is 1. The third-order valence-corrected chi connectivity index (χ3v) is 3.25. The Morgan fingerprint density at radius 2 is 2.14 bits per heavy atom. The van der Waals surface area contributed by atoms with Gasteiger partial charge in [-0.15, -0.1) is 0 Å². The molecule has 0 spiro atoms. The van der Waals surface area contributed by atoms with E-state index in [0.717, 1.165) is 19.5 Å². The second-order valence-electron chi connectivity index (χ2n) is 5.47. The Balaban J connectivity index is 2.43. The van der Waals surface area contributed by atoms with Crippen molar-refractivity contribution in [1.82, 2.24) is 20.0 Å². The maximum Gasteiger partial charge on any atom is 0.312 e. The maximum atomic E-state index is 10.9. The minimum Gasteiger partial charge on any atom is -0.390 e. The molecule has 8 nitrogen and oxygen atoms in total. The lowest BCUT2D eigenvalue weighted by molar-refractivity contribution is -0.386. The van der Waals surface area contributed by atoms with Crippen molar-refractivity contribution in [2.24, 2.45) is 0 Å². The third-order valence-electron chi connectivity index (χ3n) is 3.25. The van der Waals surface area contributed by atoms with Gasteiger partial charge in [0, 0.05) is 6.54 Å². The number of aliphatic hydroxyl groups is 1. The minimum atomic E-state index is -0.623. The van der Waals surface area contributed by atoms with Gasteiger partial charge in [0.2, 0.25) is 0 Å². The molecule has 8 heteroatoms. The average molecular weight is 299 g/mol. The van der Waals surface area contributed by atoms with E-state index in [4.69, 9.17) is 0 Å². The smallest absolute Gasteiger partial charge is 0.312 e. The summed E-state index contributed by atoms with van der Waals surface area (Å²) >= 11 is 0. The van der Waals surface area contributed by atoms with E-state index in [2.05, 4.69) is 15.3 Å². The van der Waals surface area contributed by atoms with Gasteiger partial charge in [-0.3, -0.25) is 14.8 Å². The quantitative estimate of drug-likeness (QED) is 0.387. The molecule has 1 heterocycles. The molecular formula is C13H25N5O3. The Bertz CT molecular complexity index is 473. The van der Waals surface area contributed by atoms with Gasteiger partial charge in [-0.2, -0.15) is 5.10 Å². The number of aromatic nitrogens is 2. The zero-order valence-electron chi connectivity index (χ0n) is 13.2. The van der Waals surface area contributed by atoms with Crippen LogP contribution < -0.4 is 5.32 Å². The summed E-state index contributed by atoms with van der Waals surface area (Å²) in [5.41, 5.74) is 0.883. The molecule has 0 aromatic carbocycles. The van der Waals surface area contributed by atoms with Crippen LogP contribution in [-0.2, 0) is 6.54 Å². The van der Waals surface area contributed by atoms with Gasteiger partial charge in [0.15, 0.2) is 0 Å². The van der Waals surface area contributed by atoms with E-state index >= 15 is 0 Å². The normalized spacial score (nSPS) is 12.9. The number of aliphatic hydroxyl groups excluding tert-OH is 1. The van der Waals surface area contributed by atoms with Crippen molar-refractivity contribution in [3.8, 4) is 0 Å². The molecule has 0 radical (unpaired) electrons. The van der Waals surface area contributed by atoms with Crippen molar-refractivity contribution in [3.63, 3.8) is 0 Å². The summed E-state index contributed by atoms with van der Waals surface area (Å²) in [4.78, 5) is 12.6. The number of nitrogens with one attached hydrogen (secondary N) is 1. The zero-order valence-corrected chi connectivity index (χ0v) is 13.2. The predicted molar refractivity (Wildman–Crippen MR) is 80.4 cm³/mol. The summed E-state index contributed by atoms with van der Waals surface area (Å²) in [5, 5.41) is 28.2. The van der Waals surface area contributed by atoms with Gasteiger partial charge in [0.25, 0.3) is 0 Å². The second-order valence-corrected chi connectivity index (χ2v) is 5.47. The van der Waals surface area contributed by atoms with Gasteiger partial charge in [-0.05, 0) is 47.5 Å². The van der Waals surface area contributed by atoms with Crippen LogP contribution in [-0.4, -0.2) is 64.5 Å². The first-order chi connectivity index (χ1) is 9.82. The van der Waals surface area contributed by atoms with Crippen molar-refractivity contribution in [2.45, 2.75) is 32.9 Å². The average Bonchev–Trinajstić information content (AvgIpc) is 2.63. The summed E-state index contributed by atoms with van der Waals surface area (Å²) in [5.74, 6) is 0. The third kappa shape index (κ3) is 5.41. The van der Waals surface area contributed by atoms with E-state index < -0.39 is 11.0 Å². The summed E-state index contributed by atoms with van der Waals surface area (Å²) in [7, 11) is 4.04. The fourth-order valence-electron chi connectivity index (χ4n) is 2.18. The Morgan fingerprint density at radius 3 is 2.67 bits per heavy atom. The van der Waals surface area contributed by atoms with Crippen molar-refractivity contribution < 1.29 is 10.0 Å². The van der Waals surface area contributed by atoms with Crippen LogP contribution in [0, 0.1) is 24.0 Å². The van der Waals surface area contributed by atoms with Crippen LogP contribution >= 0.6 is 0 Å². The molecule has 1 atom stereocenters. The molecule has 21 heavy (non-hydrogen) atoms. The number of hydrogen-bond donors (Lipinski definition) is 2. The number of nitrogens with zero attached hydrogens (tertiary/aromatic N) is 4. The van der Waals surface area contributed by atoms with Gasteiger partial charge in [0.05, 0.1) is 17.6 Å². The molecule has 0 amide bonds. The first kappa shape index (κ1) is 17.5. The molecule has 120 valence electrons. The fourth-order valence-corrected chi connectivity index (χ4v) is 2.18. The molecule has 0 aliphatic carbocycles. The molecule has 0 aliphatic rings. The van der Waals surface area contributed by atoms with Gasteiger partial charge < -0.3 is 15.3 Å². The van der Waals surface area contributed by atoms with Crippen molar-refractivity contribution in [3.05, 3.63) is 21.5 Å². The van der Waals surface area contributed by atoms with E-state index in [1.807, 2.05) is 14.1 Å². The number of hydrogen-bond acceptors (Lipinski definition) is 6. The lowest BCUT2D eigenvalue weighted by Crippen LogP contribution is -2.32. The van der Waals surface area contributed by atoms with Crippen LogP contribution in [0.4, 0.5) is 5.69 Å². The van der Waals surface area contributed by atoms with E-state index in [1.165, 1.54) is 4.68 Å². The monoisotopic (exact) mass is 299 g/mol. The molecule has 0 bridgehead atoms. The summed E-state index contributed by atoms with van der Waals surface area (Å²) in [6.45, 7) is 5.77. The Kier molecular flexibility index (Phi) is 6.73. The van der Waals surface area contributed by atoms with Crippen LogP contribution in [0.2, 0.25) is 0 Å². The summed E-state index contributed by atoms with van der Waals surface area (Å²) in [6, 6.07) is 0. The summed E-state index contributed by atoms with van der Waals surface area (Å²) in [6.07, 6.45) is 0.382. The van der Waals surface area contributed by atoms with Gasteiger partial charge in [-0.1, -0.05) is 0 Å². The standard InChI is InChI=1S/C13H25N5O3/c1-10-13(18(20)21)11(2)17(15-10)9-12(19)8-14-6-5-7-16(3)4/h12,14,19H,5-9H2,1-4H3. The minimum absolute atomic E-state index is 0.0288. The van der Waals surface area contributed by atoms with Crippen LogP contribution in [0.25, 0.3) is 0 Å². The van der Waals surface area contributed by atoms with Crippen molar-refractivity contribution in [2.75, 3.05) is 33.7 Å². The molecule has 0 saturated carbocycles. The van der Waals surface area contributed by atoms with Crippen LogP contribution in [0.3, 0.4) is 0 Å². The molecule has 0 saturated heterocycles. The van der Waals surface area contributed by atoms with E-state index in [9.17, 15) is 15.2 Å². The largest absolute Gasteiger partial charge is 0.390 e. The van der Waals surface area contributed by atoms with Gasteiger partial charge in [-0.25, -0.2) is 0 Å². The fraction of sp³-hybridized carbons (Fsp3) is 0.769. The molecule has 1 aromatic rings. The first-order valence-electron chi connectivity index (χ1n) is 7.04. The van der Waals surface area contributed by atoms with Crippen molar-refractivity contribution >= 4 is 5.69 Å². The maximum absolute atomic E-state index is 10.9. The second kappa shape index (κ2) is 8.06. The topological polar surface area (TPSA) is 96.5 Å². The van der Waals surface area contributed by atoms with E-state index in [-0.39, 0.29) is 12.2 Å². The highest BCUT2D eigenvalue weighted by atomic mass is 16.6. The highest BCUT2D eigenvalue weighted by Gasteiger charge is 2.22. The number of rotatable bonds is 9. The number of nitro groups is 1. The van der Waals surface area contributed by atoms with Crippen LogP contribution in [0.5, 0.6) is 0 Å². The lowest BCUT2D eigenvalue weighted by atomic mass is 10.3. The van der Waals surface area contributed by atoms with Crippen LogP contribution in [0.1, 0.15) is 17.8 Å². The lowest BCUT2D eigenvalue weighted by Gasteiger charge is -2.14. The molecule has 1 rings (SSSR count). The molecular weight excluding hydrogens is 274 g/mol. The van der Waals surface area contributed by atoms with Crippen LogP contribution in [0.15, 0.2) is 0 Å². The first-order valence-corrected chi connectivity index (χ1v) is 7.04. The predicted octanol–water partition coefficient (Wildman–Crippen LogP) is 0.310. The molecule has 0 aliphatic heterocycles. The molecule has 1 unspecified atom stereocenters. The molecule has 2 N–H and O–H groups in total. The Hall–Kier alpha value is -1.51. The molecule has 0 fully saturated rings. The SMILES string of the molecule is Cc1nn(CC(O)CNCCCN(C)C)c(C)c1[N+](=O)[O-]. The Morgan fingerprint density at radius 1 is 1.48 bits per heavy atom. The van der Waals surface area contributed by atoms with Crippen molar-refractivity contribution in [1.29, 1.82) is 0 Å². The highest BCUT2D eigenvalue weighted by Crippen LogP contribution is 2.21. The zero-order chi connectivity index (χ0) is 16.0. The van der Waals surface area contributed by atoms with Gasteiger partial charge >= 0.3 is 5.69 Å². The molecule has 1 aromatic heterocycles. The van der Waals surface area contributed by atoms with Gasteiger partial charge in [0.1, 0.15) is 11.4 Å². The highest BCUT2D eigenvalue weighted by molar-refractivity contribution is 5.39. The van der Waals surface area contributed by atoms with E-state index in [0.29, 0.717) is 17.9 Å². The Labute approximate surface area is 124 Å².